The largest absolute Gasteiger partial charge is 0.334 e. The molecule has 1 N–H and O–H groups in total. The van der Waals surface area contributed by atoms with Crippen molar-refractivity contribution in [1.82, 2.24) is 15.5 Å². The van der Waals surface area contributed by atoms with Gasteiger partial charge in [-0.25, -0.2) is 0 Å². The van der Waals surface area contributed by atoms with Crippen LogP contribution in [0, 0.1) is 9.49 Å². The van der Waals surface area contributed by atoms with Crippen LogP contribution in [-0.4, -0.2) is 23.2 Å². The first-order valence-corrected chi connectivity index (χ1v) is 8.17. The number of piperidine rings is 1. The first-order valence-electron chi connectivity index (χ1n) is 6.71. The Morgan fingerprint density at radius 2 is 2.35 bits per heavy atom. The van der Waals surface area contributed by atoms with E-state index in [9.17, 15) is 0 Å². The highest BCUT2D eigenvalue weighted by Gasteiger charge is 2.18. The minimum Gasteiger partial charge on any atom is -0.334 e. The Morgan fingerprint density at radius 3 is 3.15 bits per heavy atom. The third-order valence-corrected chi connectivity index (χ3v) is 4.67. The molecule has 4 nitrogen and oxygen atoms in total. The molecule has 0 bridgehead atoms. The third kappa shape index (κ3) is 3.32. The number of nitrogens with zero attached hydrogens (tertiary/aromatic N) is 2. The normalized spacial score (nSPS) is 19.2. The molecule has 1 aromatic carbocycles. The summed E-state index contributed by atoms with van der Waals surface area (Å²) in [7, 11) is 0. The SMILES string of the molecule is Clc1ccc(I)c(-c2nc(CC3CCCNC3)no2)c1. The van der Waals surface area contributed by atoms with Crippen molar-refractivity contribution >= 4 is 34.2 Å². The van der Waals surface area contributed by atoms with Gasteiger partial charge in [0.1, 0.15) is 0 Å². The van der Waals surface area contributed by atoms with Gasteiger partial charge in [0.2, 0.25) is 0 Å². The maximum absolute atomic E-state index is 6.03. The van der Waals surface area contributed by atoms with Crippen LogP contribution in [0.25, 0.3) is 11.5 Å². The summed E-state index contributed by atoms with van der Waals surface area (Å²) in [4.78, 5) is 4.51. The molecule has 2 heterocycles. The Kier molecular flexibility index (Phi) is 4.58. The lowest BCUT2D eigenvalue weighted by Crippen LogP contribution is -2.31. The number of nitrogens with one attached hydrogen (secondary N) is 1. The highest BCUT2D eigenvalue weighted by Crippen LogP contribution is 2.27. The predicted octanol–water partition coefficient (Wildman–Crippen LogP) is 3.54. The van der Waals surface area contributed by atoms with E-state index in [0.29, 0.717) is 16.8 Å². The van der Waals surface area contributed by atoms with E-state index in [1.807, 2.05) is 18.2 Å². The van der Waals surface area contributed by atoms with E-state index in [1.54, 1.807) is 0 Å². The fourth-order valence-corrected chi connectivity index (χ4v) is 3.20. The minimum absolute atomic E-state index is 0.552. The Hall–Kier alpha value is -0.660. The molecule has 1 aliphatic rings. The molecule has 6 heteroatoms. The first-order chi connectivity index (χ1) is 9.72. The summed E-state index contributed by atoms with van der Waals surface area (Å²) in [6.45, 7) is 2.16. The molecular formula is C14H15ClIN3O. The Bertz CT molecular complexity index is 596. The molecule has 1 aromatic heterocycles. The smallest absolute Gasteiger partial charge is 0.259 e. The van der Waals surface area contributed by atoms with Crippen molar-refractivity contribution in [2.45, 2.75) is 19.3 Å². The minimum atomic E-state index is 0.552. The van der Waals surface area contributed by atoms with Crippen molar-refractivity contribution in [1.29, 1.82) is 0 Å². The fourth-order valence-electron chi connectivity index (χ4n) is 2.46. The van der Waals surface area contributed by atoms with Crippen LogP contribution in [0.4, 0.5) is 0 Å². The Labute approximate surface area is 136 Å². The molecule has 1 aliphatic heterocycles. The number of halogens is 2. The molecule has 0 amide bonds. The average Bonchev–Trinajstić information content (AvgIpc) is 2.91. The number of benzene rings is 1. The second-order valence-electron chi connectivity index (χ2n) is 5.06. The second kappa shape index (κ2) is 6.41. The topological polar surface area (TPSA) is 51.0 Å². The zero-order chi connectivity index (χ0) is 13.9. The van der Waals surface area contributed by atoms with Crippen molar-refractivity contribution in [2.24, 2.45) is 5.92 Å². The van der Waals surface area contributed by atoms with Gasteiger partial charge in [0, 0.05) is 15.0 Å². The molecule has 3 rings (SSSR count). The fraction of sp³-hybridized carbons (Fsp3) is 0.429. The van der Waals surface area contributed by atoms with Crippen LogP contribution in [0.2, 0.25) is 5.02 Å². The number of aromatic nitrogens is 2. The zero-order valence-electron chi connectivity index (χ0n) is 10.9. The average molecular weight is 404 g/mol. The van der Waals surface area contributed by atoms with E-state index in [2.05, 4.69) is 38.0 Å². The highest BCUT2D eigenvalue weighted by molar-refractivity contribution is 14.1. The zero-order valence-corrected chi connectivity index (χ0v) is 13.8. The summed E-state index contributed by atoms with van der Waals surface area (Å²) in [5.74, 6) is 1.94. The van der Waals surface area contributed by atoms with E-state index in [0.717, 1.165) is 34.5 Å². The van der Waals surface area contributed by atoms with Crippen LogP contribution in [0.5, 0.6) is 0 Å². The monoisotopic (exact) mass is 403 g/mol. The van der Waals surface area contributed by atoms with Gasteiger partial charge in [-0.3, -0.25) is 0 Å². The lowest BCUT2D eigenvalue weighted by Gasteiger charge is -2.20. The molecule has 0 spiro atoms. The molecule has 1 fully saturated rings. The van der Waals surface area contributed by atoms with E-state index in [1.165, 1.54) is 12.8 Å². The van der Waals surface area contributed by atoms with Crippen LogP contribution in [0.3, 0.4) is 0 Å². The van der Waals surface area contributed by atoms with Gasteiger partial charge in [0.15, 0.2) is 5.82 Å². The third-order valence-electron chi connectivity index (χ3n) is 3.50. The number of hydrogen-bond acceptors (Lipinski definition) is 4. The molecular weight excluding hydrogens is 389 g/mol. The van der Waals surface area contributed by atoms with Crippen LogP contribution in [0.1, 0.15) is 18.7 Å². The Balaban J connectivity index is 1.77. The molecule has 106 valence electrons. The van der Waals surface area contributed by atoms with E-state index >= 15 is 0 Å². The van der Waals surface area contributed by atoms with Crippen molar-refractivity contribution in [2.75, 3.05) is 13.1 Å². The van der Waals surface area contributed by atoms with E-state index in [-0.39, 0.29) is 0 Å². The standard InChI is InChI=1S/C14H15ClIN3O/c15-10-3-4-12(16)11(7-10)14-18-13(19-20-14)6-9-2-1-5-17-8-9/h3-4,7,9,17H,1-2,5-6,8H2. The van der Waals surface area contributed by atoms with Crippen molar-refractivity contribution < 1.29 is 4.52 Å². The molecule has 1 atom stereocenters. The van der Waals surface area contributed by atoms with E-state index < -0.39 is 0 Å². The van der Waals surface area contributed by atoms with Gasteiger partial charge in [-0.2, -0.15) is 4.98 Å². The molecule has 0 aliphatic carbocycles. The molecule has 2 aromatic rings. The van der Waals surface area contributed by atoms with Gasteiger partial charge >= 0.3 is 0 Å². The van der Waals surface area contributed by atoms with Gasteiger partial charge in [-0.05, 0) is 72.6 Å². The van der Waals surface area contributed by atoms with Gasteiger partial charge in [-0.15, -0.1) is 0 Å². The maximum atomic E-state index is 6.03. The summed E-state index contributed by atoms with van der Waals surface area (Å²) in [5.41, 5.74) is 0.901. The number of rotatable bonds is 3. The van der Waals surface area contributed by atoms with Gasteiger partial charge in [0.25, 0.3) is 5.89 Å². The summed E-state index contributed by atoms with van der Waals surface area (Å²) < 4.78 is 6.44. The molecule has 0 radical (unpaired) electrons. The first kappa shape index (κ1) is 14.3. The van der Waals surface area contributed by atoms with Gasteiger partial charge < -0.3 is 9.84 Å². The van der Waals surface area contributed by atoms with Gasteiger partial charge in [0.05, 0.1) is 5.56 Å². The van der Waals surface area contributed by atoms with Crippen molar-refractivity contribution in [3.63, 3.8) is 0 Å². The van der Waals surface area contributed by atoms with Crippen LogP contribution in [-0.2, 0) is 6.42 Å². The predicted molar refractivity (Wildman–Crippen MR) is 86.8 cm³/mol. The quantitative estimate of drug-likeness (QED) is 0.797. The molecule has 1 unspecified atom stereocenters. The summed E-state index contributed by atoms with van der Waals surface area (Å²) >= 11 is 8.28. The lowest BCUT2D eigenvalue weighted by molar-refractivity contribution is 0.360. The van der Waals surface area contributed by atoms with Crippen LogP contribution < -0.4 is 5.32 Å². The summed E-state index contributed by atoms with van der Waals surface area (Å²) in [6, 6.07) is 5.67. The van der Waals surface area contributed by atoms with E-state index in [4.69, 9.17) is 16.1 Å². The second-order valence-corrected chi connectivity index (χ2v) is 6.66. The van der Waals surface area contributed by atoms with Crippen LogP contribution >= 0.6 is 34.2 Å². The maximum Gasteiger partial charge on any atom is 0.259 e. The van der Waals surface area contributed by atoms with Gasteiger partial charge in [-0.1, -0.05) is 16.8 Å². The summed E-state index contributed by atoms with van der Waals surface area (Å²) in [6.07, 6.45) is 3.32. The summed E-state index contributed by atoms with van der Waals surface area (Å²) in [5, 5.41) is 8.18. The molecule has 20 heavy (non-hydrogen) atoms. The van der Waals surface area contributed by atoms with Crippen LogP contribution in [0.15, 0.2) is 22.7 Å². The molecule has 0 saturated carbocycles. The lowest BCUT2D eigenvalue weighted by atomic mass is 9.96. The van der Waals surface area contributed by atoms with Crippen molar-refractivity contribution in [3.05, 3.63) is 32.6 Å². The number of hydrogen-bond donors (Lipinski definition) is 1. The van der Waals surface area contributed by atoms with Crippen molar-refractivity contribution in [3.8, 4) is 11.5 Å². The Morgan fingerprint density at radius 1 is 1.45 bits per heavy atom. The highest BCUT2D eigenvalue weighted by atomic mass is 127. The molecule has 1 saturated heterocycles.